The molecule has 0 fully saturated rings. The zero-order valence-corrected chi connectivity index (χ0v) is 10.9. The molecule has 0 aliphatic heterocycles. The third-order valence-corrected chi connectivity index (χ3v) is 2.71. The maximum atomic E-state index is 13.5. The van der Waals surface area contributed by atoms with Gasteiger partial charge in [0.1, 0.15) is 12.4 Å². The number of rotatable bonds is 5. The van der Waals surface area contributed by atoms with Crippen molar-refractivity contribution in [2.75, 3.05) is 14.2 Å². The Morgan fingerprint density at radius 2 is 1.53 bits per heavy atom. The molecule has 0 radical (unpaired) electrons. The first-order valence-corrected chi connectivity index (χ1v) is 5.83. The molecule has 0 bridgehead atoms. The topological polar surface area (TPSA) is 27.7 Å². The second kappa shape index (κ2) is 6.09. The van der Waals surface area contributed by atoms with Gasteiger partial charge in [0, 0.05) is 5.56 Å². The van der Waals surface area contributed by atoms with E-state index in [1.54, 1.807) is 50.6 Å². The van der Waals surface area contributed by atoms with Crippen LogP contribution in [-0.2, 0) is 6.61 Å². The quantitative estimate of drug-likeness (QED) is 0.826. The first-order chi connectivity index (χ1) is 9.26. The molecule has 3 nitrogen and oxygen atoms in total. The van der Waals surface area contributed by atoms with E-state index in [0.717, 1.165) is 0 Å². The minimum atomic E-state index is -0.295. The molecule has 19 heavy (non-hydrogen) atoms. The van der Waals surface area contributed by atoms with Crippen LogP contribution in [-0.4, -0.2) is 14.2 Å². The summed E-state index contributed by atoms with van der Waals surface area (Å²) >= 11 is 0. The van der Waals surface area contributed by atoms with E-state index in [4.69, 9.17) is 14.2 Å². The molecule has 0 spiro atoms. The molecule has 100 valence electrons. The van der Waals surface area contributed by atoms with Crippen molar-refractivity contribution in [2.45, 2.75) is 6.61 Å². The van der Waals surface area contributed by atoms with Gasteiger partial charge < -0.3 is 14.2 Å². The molecule has 2 aromatic rings. The van der Waals surface area contributed by atoms with Crippen molar-refractivity contribution in [2.24, 2.45) is 0 Å². The number of hydrogen-bond donors (Lipinski definition) is 0. The highest BCUT2D eigenvalue weighted by Crippen LogP contribution is 2.37. The molecule has 0 unspecified atom stereocenters. The van der Waals surface area contributed by atoms with E-state index < -0.39 is 0 Å². The van der Waals surface area contributed by atoms with Gasteiger partial charge in [0.2, 0.25) is 5.75 Å². The van der Waals surface area contributed by atoms with E-state index >= 15 is 0 Å². The van der Waals surface area contributed by atoms with Crippen LogP contribution in [0.1, 0.15) is 5.56 Å². The maximum absolute atomic E-state index is 13.5. The Morgan fingerprint density at radius 3 is 2.11 bits per heavy atom. The normalized spacial score (nSPS) is 10.1. The standard InChI is InChI=1S/C15H15FO3/c1-17-13-8-5-9-14(18-2)15(13)19-10-11-6-3-4-7-12(11)16/h3-9H,10H2,1-2H3. The summed E-state index contributed by atoms with van der Waals surface area (Å²) in [5.41, 5.74) is 0.482. The maximum Gasteiger partial charge on any atom is 0.203 e. The predicted octanol–water partition coefficient (Wildman–Crippen LogP) is 3.42. The molecule has 4 heteroatoms. The summed E-state index contributed by atoms with van der Waals surface area (Å²) in [4.78, 5) is 0. The largest absolute Gasteiger partial charge is 0.493 e. The van der Waals surface area contributed by atoms with Crippen molar-refractivity contribution in [3.05, 3.63) is 53.8 Å². The lowest BCUT2D eigenvalue weighted by Crippen LogP contribution is -2.01. The van der Waals surface area contributed by atoms with Crippen molar-refractivity contribution in [1.82, 2.24) is 0 Å². The molecule has 0 atom stereocenters. The van der Waals surface area contributed by atoms with Gasteiger partial charge >= 0.3 is 0 Å². The summed E-state index contributed by atoms with van der Waals surface area (Å²) < 4.78 is 29.6. The fraction of sp³-hybridized carbons (Fsp3) is 0.200. The molecule has 0 saturated carbocycles. The van der Waals surface area contributed by atoms with Crippen molar-refractivity contribution in [3.8, 4) is 17.2 Å². The summed E-state index contributed by atoms with van der Waals surface area (Å²) in [6.45, 7) is 0.114. The van der Waals surface area contributed by atoms with E-state index in [0.29, 0.717) is 22.8 Å². The predicted molar refractivity (Wildman–Crippen MR) is 70.3 cm³/mol. The minimum absolute atomic E-state index is 0.114. The van der Waals surface area contributed by atoms with Crippen LogP contribution in [0.2, 0.25) is 0 Å². The Labute approximate surface area is 111 Å². The first-order valence-electron chi connectivity index (χ1n) is 5.83. The Bertz CT molecular complexity index is 533. The zero-order valence-electron chi connectivity index (χ0n) is 10.9. The van der Waals surface area contributed by atoms with Crippen molar-refractivity contribution in [3.63, 3.8) is 0 Å². The smallest absolute Gasteiger partial charge is 0.203 e. The molecular weight excluding hydrogens is 247 g/mol. The fourth-order valence-corrected chi connectivity index (χ4v) is 1.72. The lowest BCUT2D eigenvalue weighted by Gasteiger charge is -2.14. The SMILES string of the molecule is COc1cccc(OC)c1OCc1ccccc1F. The van der Waals surface area contributed by atoms with E-state index in [1.807, 2.05) is 0 Å². The molecule has 2 aromatic carbocycles. The second-order valence-corrected chi connectivity index (χ2v) is 3.87. The average Bonchev–Trinajstić information content (AvgIpc) is 2.46. The number of para-hydroxylation sites is 1. The van der Waals surface area contributed by atoms with Gasteiger partial charge in [0.05, 0.1) is 14.2 Å². The third kappa shape index (κ3) is 2.96. The molecule has 0 amide bonds. The summed E-state index contributed by atoms with van der Waals surface area (Å²) in [6, 6.07) is 11.8. The van der Waals surface area contributed by atoms with Crippen LogP contribution < -0.4 is 14.2 Å². The Balaban J connectivity index is 2.21. The Morgan fingerprint density at radius 1 is 0.895 bits per heavy atom. The zero-order chi connectivity index (χ0) is 13.7. The van der Waals surface area contributed by atoms with Gasteiger partial charge in [0.15, 0.2) is 11.5 Å². The van der Waals surface area contributed by atoms with Crippen LogP contribution in [0.15, 0.2) is 42.5 Å². The Kier molecular flexibility index (Phi) is 4.23. The van der Waals surface area contributed by atoms with E-state index in [2.05, 4.69) is 0 Å². The monoisotopic (exact) mass is 262 g/mol. The van der Waals surface area contributed by atoms with Crippen molar-refractivity contribution < 1.29 is 18.6 Å². The summed E-state index contributed by atoms with van der Waals surface area (Å²) in [6.07, 6.45) is 0. The van der Waals surface area contributed by atoms with Gasteiger partial charge in [-0.1, -0.05) is 24.3 Å². The highest BCUT2D eigenvalue weighted by atomic mass is 19.1. The molecule has 0 aliphatic carbocycles. The number of benzene rings is 2. The molecule has 0 N–H and O–H groups in total. The summed E-state index contributed by atoms with van der Waals surface area (Å²) in [5, 5.41) is 0. The van der Waals surface area contributed by atoms with Crippen molar-refractivity contribution >= 4 is 0 Å². The average molecular weight is 262 g/mol. The van der Waals surface area contributed by atoms with Crippen LogP contribution >= 0.6 is 0 Å². The van der Waals surface area contributed by atoms with Crippen LogP contribution in [0.5, 0.6) is 17.2 Å². The molecule has 0 aliphatic rings. The first kappa shape index (κ1) is 13.2. The van der Waals surface area contributed by atoms with Gasteiger partial charge in [-0.15, -0.1) is 0 Å². The number of methoxy groups -OCH3 is 2. The van der Waals surface area contributed by atoms with E-state index in [1.165, 1.54) is 6.07 Å². The molecule has 0 heterocycles. The van der Waals surface area contributed by atoms with Crippen molar-refractivity contribution in [1.29, 1.82) is 0 Å². The third-order valence-electron chi connectivity index (χ3n) is 2.71. The van der Waals surface area contributed by atoms with Crippen LogP contribution in [0.4, 0.5) is 4.39 Å². The number of hydrogen-bond acceptors (Lipinski definition) is 3. The number of halogens is 1. The Hall–Kier alpha value is -2.23. The minimum Gasteiger partial charge on any atom is -0.493 e. The van der Waals surface area contributed by atoms with Crippen LogP contribution in [0.3, 0.4) is 0 Å². The van der Waals surface area contributed by atoms with Crippen LogP contribution in [0, 0.1) is 5.82 Å². The molecule has 0 saturated heterocycles. The van der Waals surface area contributed by atoms with Gasteiger partial charge in [-0.3, -0.25) is 0 Å². The summed E-state index contributed by atoms with van der Waals surface area (Å²) in [5.74, 6) is 1.28. The summed E-state index contributed by atoms with van der Waals surface area (Å²) in [7, 11) is 3.09. The highest BCUT2D eigenvalue weighted by Gasteiger charge is 2.12. The van der Waals surface area contributed by atoms with Gasteiger partial charge in [-0.05, 0) is 18.2 Å². The van der Waals surface area contributed by atoms with E-state index in [9.17, 15) is 4.39 Å². The fourth-order valence-electron chi connectivity index (χ4n) is 1.72. The highest BCUT2D eigenvalue weighted by molar-refractivity contribution is 5.51. The molecule has 2 rings (SSSR count). The lowest BCUT2D eigenvalue weighted by molar-refractivity contribution is 0.262. The van der Waals surface area contributed by atoms with Crippen LogP contribution in [0.25, 0.3) is 0 Å². The number of ether oxygens (including phenoxy) is 3. The second-order valence-electron chi connectivity index (χ2n) is 3.87. The van der Waals surface area contributed by atoms with Gasteiger partial charge in [0.25, 0.3) is 0 Å². The van der Waals surface area contributed by atoms with E-state index in [-0.39, 0.29) is 12.4 Å². The van der Waals surface area contributed by atoms with Gasteiger partial charge in [-0.2, -0.15) is 0 Å². The lowest BCUT2D eigenvalue weighted by atomic mass is 10.2. The molecular formula is C15H15FO3. The molecule has 0 aromatic heterocycles. The van der Waals surface area contributed by atoms with Gasteiger partial charge in [-0.25, -0.2) is 4.39 Å².